The van der Waals surface area contributed by atoms with Crippen molar-refractivity contribution in [3.05, 3.63) is 54.5 Å². The first kappa shape index (κ1) is 19.0. The number of nitrogens with two attached hydrogens (primary N) is 1. The van der Waals surface area contributed by atoms with Crippen molar-refractivity contribution in [1.82, 2.24) is 14.9 Å². The largest absolute Gasteiger partial charge is 0.404 e. The summed E-state index contributed by atoms with van der Waals surface area (Å²) in [5.41, 5.74) is 8.66. The van der Waals surface area contributed by atoms with Gasteiger partial charge < -0.3 is 15.7 Å². The van der Waals surface area contributed by atoms with Crippen LogP contribution in [0.3, 0.4) is 0 Å². The van der Waals surface area contributed by atoms with Gasteiger partial charge in [0.15, 0.2) is 5.82 Å². The number of aliphatic hydroxyl groups is 1. The van der Waals surface area contributed by atoms with Crippen molar-refractivity contribution in [2.45, 2.75) is 0 Å². The maximum atomic E-state index is 8.82. The molecule has 1 aromatic carbocycles. The van der Waals surface area contributed by atoms with Gasteiger partial charge in [0.05, 0.1) is 13.2 Å². The Morgan fingerprint density at radius 3 is 2.56 bits per heavy atom. The molecule has 0 aliphatic carbocycles. The Bertz CT molecular complexity index is 769. The Labute approximate surface area is 159 Å². The number of benzene rings is 1. The summed E-state index contributed by atoms with van der Waals surface area (Å²) in [5.74, 6) is 0.933. The molecule has 3 rings (SSSR count). The molecule has 1 aliphatic rings. The van der Waals surface area contributed by atoms with Gasteiger partial charge in [-0.3, -0.25) is 14.9 Å². The summed E-state index contributed by atoms with van der Waals surface area (Å²) in [7, 11) is 0. The van der Waals surface area contributed by atoms with E-state index in [0.717, 1.165) is 55.4 Å². The molecule has 142 valence electrons. The third kappa shape index (κ3) is 5.12. The monoisotopic (exact) mass is 366 g/mol. The average Bonchev–Trinajstić information content (AvgIpc) is 2.74. The number of rotatable bonds is 7. The van der Waals surface area contributed by atoms with Gasteiger partial charge in [-0.05, 0) is 11.8 Å². The highest BCUT2D eigenvalue weighted by atomic mass is 16.3. The molecule has 1 fully saturated rings. The molecule has 2 heterocycles. The molecule has 0 amide bonds. The van der Waals surface area contributed by atoms with E-state index in [9.17, 15) is 0 Å². The fraction of sp³-hybridized carbons (Fsp3) is 0.350. The number of aromatic nitrogens is 2. The fourth-order valence-electron chi connectivity index (χ4n) is 3.11. The number of hydrogen-bond donors (Lipinski definition) is 2. The van der Waals surface area contributed by atoms with Crippen molar-refractivity contribution in [2.75, 3.05) is 50.8 Å². The van der Waals surface area contributed by atoms with Gasteiger partial charge in [-0.1, -0.05) is 30.3 Å². The van der Waals surface area contributed by atoms with E-state index in [-0.39, 0.29) is 6.61 Å². The van der Waals surface area contributed by atoms with Crippen LogP contribution in [0, 0.1) is 0 Å². The molecule has 0 radical (unpaired) electrons. The summed E-state index contributed by atoms with van der Waals surface area (Å²) in [6.45, 7) is 4.79. The molecule has 1 aliphatic heterocycles. The minimum absolute atomic E-state index is 0.0505. The molecule has 1 aromatic heterocycles. The Morgan fingerprint density at radius 2 is 1.85 bits per heavy atom. The van der Waals surface area contributed by atoms with Crippen molar-refractivity contribution < 1.29 is 5.11 Å². The van der Waals surface area contributed by atoms with Gasteiger partial charge in [-0.25, -0.2) is 4.98 Å². The summed E-state index contributed by atoms with van der Waals surface area (Å²) in [5, 5.41) is 8.82. The van der Waals surface area contributed by atoms with Crippen LogP contribution in [0.2, 0.25) is 0 Å². The van der Waals surface area contributed by atoms with E-state index in [0.29, 0.717) is 6.54 Å². The zero-order valence-electron chi connectivity index (χ0n) is 15.4. The van der Waals surface area contributed by atoms with Crippen molar-refractivity contribution in [3.8, 4) is 11.3 Å². The summed E-state index contributed by atoms with van der Waals surface area (Å²) in [4.78, 5) is 18.0. The summed E-state index contributed by atoms with van der Waals surface area (Å²) in [6, 6.07) is 10.2. The van der Waals surface area contributed by atoms with E-state index >= 15 is 0 Å². The lowest BCUT2D eigenvalue weighted by atomic mass is 10.1. The van der Waals surface area contributed by atoms with Crippen LogP contribution in [0.4, 0.5) is 5.82 Å². The normalized spacial score (nSPS) is 16.2. The molecular weight excluding hydrogens is 340 g/mol. The minimum Gasteiger partial charge on any atom is -0.404 e. The molecule has 0 unspecified atom stereocenters. The van der Waals surface area contributed by atoms with E-state index in [1.165, 1.54) is 0 Å². The average molecular weight is 366 g/mol. The first-order valence-corrected chi connectivity index (χ1v) is 9.17. The molecule has 0 saturated carbocycles. The number of nitrogens with zero attached hydrogens (tertiary/aromatic N) is 5. The first-order valence-electron chi connectivity index (χ1n) is 9.17. The van der Waals surface area contributed by atoms with Crippen LogP contribution in [-0.4, -0.2) is 72.1 Å². The van der Waals surface area contributed by atoms with E-state index in [1.54, 1.807) is 24.8 Å². The zero-order chi connectivity index (χ0) is 18.9. The summed E-state index contributed by atoms with van der Waals surface area (Å²) >= 11 is 0. The predicted molar refractivity (Wildman–Crippen MR) is 109 cm³/mol. The minimum atomic E-state index is 0.0505. The van der Waals surface area contributed by atoms with Gasteiger partial charge >= 0.3 is 0 Å². The van der Waals surface area contributed by atoms with Crippen molar-refractivity contribution in [2.24, 2.45) is 10.7 Å². The van der Waals surface area contributed by atoms with Gasteiger partial charge in [0.25, 0.3) is 0 Å². The molecule has 27 heavy (non-hydrogen) atoms. The van der Waals surface area contributed by atoms with Crippen LogP contribution in [-0.2, 0) is 0 Å². The van der Waals surface area contributed by atoms with Crippen LogP contribution in [0.15, 0.2) is 59.5 Å². The Morgan fingerprint density at radius 1 is 1.11 bits per heavy atom. The van der Waals surface area contributed by atoms with Crippen LogP contribution < -0.4 is 10.6 Å². The standard InChI is InChI=1S/C20H26N6O/c21-14-17(15-22-8-13-27)16-25-9-11-26(12-10-25)20-19(23-6-7-24-20)18-4-2-1-3-5-18/h1-7,14-15,27H,8-13,16,21H2/b17-14+,22-15?. The number of anilines is 1. The van der Waals surface area contributed by atoms with Gasteiger partial charge in [-0.15, -0.1) is 0 Å². The third-order valence-electron chi connectivity index (χ3n) is 4.50. The molecule has 2 aromatic rings. The topological polar surface area (TPSA) is 90.9 Å². The van der Waals surface area contributed by atoms with Crippen molar-refractivity contribution in [1.29, 1.82) is 0 Å². The Hall–Kier alpha value is -2.77. The van der Waals surface area contributed by atoms with Gasteiger partial charge in [0.1, 0.15) is 5.69 Å². The molecule has 0 atom stereocenters. The number of aliphatic imine (C=N–C) groups is 1. The number of hydrogen-bond acceptors (Lipinski definition) is 7. The second-order valence-electron chi connectivity index (χ2n) is 6.36. The lowest BCUT2D eigenvalue weighted by Crippen LogP contribution is -2.47. The fourth-order valence-corrected chi connectivity index (χ4v) is 3.11. The van der Waals surface area contributed by atoms with E-state index in [1.807, 2.05) is 18.2 Å². The highest BCUT2D eigenvalue weighted by Crippen LogP contribution is 2.27. The molecule has 3 N–H and O–H groups in total. The lowest BCUT2D eigenvalue weighted by Gasteiger charge is -2.36. The van der Waals surface area contributed by atoms with Crippen LogP contribution in [0.5, 0.6) is 0 Å². The third-order valence-corrected chi connectivity index (χ3v) is 4.50. The van der Waals surface area contributed by atoms with Gasteiger partial charge in [-0.2, -0.15) is 0 Å². The Balaban J connectivity index is 1.63. The highest BCUT2D eigenvalue weighted by molar-refractivity contribution is 5.78. The second kappa shape index (κ2) is 9.80. The SMILES string of the molecule is N/C=C(\C=NCCO)CN1CCN(c2nccnc2-c2ccccc2)CC1. The molecule has 1 saturated heterocycles. The summed E-state index contributed by atoms with van der Waals surface area (Å²) < 4.78 is 0. The molecule has 0 spiro atoms. The lowest BCUT2D eigenvalue weighted by molar-refractivity contribution is 0.280. The predicted octanol–water partition coefficient (Wildman–Crippen LogP) is 1.17. The van der Waals surface area contributed by atoms with Crippen molar-refractivity contribution >= 4 is 12.0 Å². The molecule has 0 bridgehead atoms. The molecule has 7 nitrogen and oxygen atoms in total. The van der Waals surface area contributed by atoms with Crippen LogP contribution in [0.25, 0.3) is 11.3 Å². The van der Waals surface area contributed by atoms with Gasteiger partial charge in [0, 0.05) is 56.9 Å². The second-order valence-corrected chi connectivity index (χ2v) is 6.36. The van der Waals surface area contributed by atoms with Crippen LogP contribution in [0.1, 0.15) is 0 Å². The van der Waals surface area contributed by atoms with Gasteiger partial charge in [0.2, 0.25) is 0 Å². The smallest absolute Gasteiger partial charge is 0.155 e. The quantitative estimate of drug-likeness (QED) is 0.715. The van der Waals surface area contributed by atoms with E-state index in [2.05, 4.69) is 36.9 Å². The maximum absolute atomic E-state index is 8.82. The molecule has 7 heteroatoms. The highest BCUT2D eigenvalue weighted by Gasteiger charge is 2.21. The Kier molecular flexibility index (Phi) is 6.90. The van der Waals surface area contributed by atoms with E-state index in [4.69, 9.17) is 10.8 Å². The number of piperazine rings is 1. The maximum Gasteiger partial charge on any atom is 0.155 e. The zero-order valence-corrected chi connectivity index (χ0v) is 15.4. The number of aliphatic hydroxyl groups excluding tert-OH is 1. The molecular formula is C20H26N6O. The van der Waals surface area contributed by atoms with E-state index < -0.39 is 0 Å². The summed E-state index contributed by atoms with van der Waals surface area (Å²) in [6.07, 6.45) is 6.83. The van der Waals surface area contributed by atoms with Crippen molar-refractivity contribution in [3.63, 3.8) is 0 Å². The first-order chi connectivity index (χ1) is 13.3. The van der Waals surface area contributed by atoms with Crippen LogP contribution >= 0.6 is 0 Å².